The van der Waals surface area contributed by atoms with Gasteiger partial charge in [0, 0.05) is 17.1 Å². The number of rotatable bonds is 0. The molecule has 4 heavy (non-hydrogen) atoms. The van der Waals surface area contributed by atoms with Gasteiger partial charge in [-0.25, -0.2) is 0 Å². The van der Waals surface area contributed by atoms with Crippen LogP contribution < -0.4 is 0 Å². The molecule has 0 aliphatic carbocycles. The molecule has 0 aromatic carbocycles. The van der Waals surface area contributed by atoms with Crippen molar-refractivity contribution >= 4 is 45.5 Å². The van der Waals surface area contributed by atoms with E-state index in [4.69, 9.17) is 3.40 Å². The Labute approximate surface area is 86.8 Å². The summed E-state index contributed by atoms with van der Waals surface area (Å²) in [6.07, 6.45) is 0. The first-order valence-corrected chi connectivity index (χ1v) is 0.986. The standard InChI is InChI=1S/Fe.Mo.O.Sr.2H/q;;;+2;2*-1. The summed E-state index contributed by atoms with van der Waals surface area (Å²) < 4.78 is 8.26. The Morgan fingerprint density at radius 2 is 1.50 bits per heavy atom. The van der Waals surface area contributed by atoms with Gasteiger partial charge < -0.3 is 2.85 Å². The zero-order chi connectivity index (χ0) is 2.00. The van der Waals surface area contributed by atoms with Crippen molar-refractivity contribution in [2.24, 2.45) is 0 Å². The number of hydrogen-bond donors (Lipinski definition) is 0. The minimum atomic E-state index is 0. The van der Waals surface area contributed by atoms with Crippen LogP contribution in [0.1, 0.15) is 2.85 Å². The maximum Gasteiger partial charge on any atom is 2.00 e. The van der Waals surface area contributed by atoms with Gasteiger partial charge in [0.15, 0.2) is 0 Å². The van der Waals surface area contributed by atoms with E-state index in [-0.39, 0.29) is 65.4 Å². The predicted molar refractivity (Wildman–Crippen MR) is 8.66 cm³/mol. The summed E-state index contributed by atoms with van der Waals surface area (Å²) in [4.78, 5) is 0. The molecule has 0 rings (SSSR count). The fourth-order valence-electron chi connectivity index (χ4n) is 0. The molecular weight excluding hydrogens is 255 g/mol. The summed E-state index contributed by atoms with van der Waals surface area (Å²) in [5.41, 5.74) is 0. The van der Waals surface area contributed by atoms with Crippen molar-refractivity contribution < 1.29 is 43.1 Å². The molecule has 24 valence electrons. The van der Waals surface area contributed by atoms with E-state index in [1.54, 1.807) is 0 Å². The third-order valence-corrected chi connectivity index (χ3v) is 0. The molecule has 4 heteroatoms. The van der Waals surface area contributed by atoms with Gasteiger partial charge in [0.1, 0.15) is 0 Å². The van der Waals surface area contributed by atoms with Gasteiger partial charge >= 0.3 is 68.7 Å². The van der Waals surface area contributed by atoms with Crippen LogP contribution in [0.2, 0.25) is 0 Å². The van der Waals surface area contributed by atoms with Crippen molar-refractivity contribution in [3.63, 3.8) is 0 Å². The summed E-state index contributed by atoms with van der Waals surface area (Å²) in [6.45, 7) is 0. The van der Waals surface area contributed by atoms with Gasteiger partial charge in [-0.3, -0.25) is 0 Å². The molecule has 0 aliphatic heterocycles. The fourth-order valence-corrected chi connectivity index (χ4v) is 0. The second-order valence-electron chi connectivity index (χ2n) is 0. The Bertz CT molecular complexity index is 13.5. The Morgan fingerprint density at radius 1 is 1.50 bits per heavy atom. The quantitative estimate of drug-likeness (QED) is 0.546. The van der Waals surface area contributed by atoms with E-state index in [0.717, 1.165) is 0 Å². The molecule has 0 saturated heterocycles. The molecule has 0 unspecified atom stereocenters. The predicted octanol–water partition coefficient (Wildman–Crippen LogP) is -0.280. The van der Waals surface area contributed by atoms with Gasteiger partial charge in [-0.1, -0.05) is 0 Å². The molecule has 0 aliphatic rings. The van der Waals surface area contributed by atoms with E-state index in [0.29, 0.717) is 19.8 Å². The summed E-state index contributed by atoms with van der Waals surface area (Å²) in [7, 11) is 0. The van der Waals surface area contributed by atoms with Gasteiger partial charge in [-0.2, -0.15) is 0 Å². The fraction of sp³-hybridized carbons (Fsp3) is 0. The molecule has 0 N–H and O–H groups in total. The minimum Gasteiger partial charge on any atom is 2.00 e. The van der Waals surface area contributed by atoms with Crippen molar-refractivity contribution in [3.05, 3.63) is 0 Å². The monoisotopic (exact) mass is 260 g/mol. The van der Waals surface area contributed by atoms with E-state index in [9.17, 15) is 0 Å². The maximum atomic E-state index is 8.26. The summed E-state index contributed by atoms with van der Waals surface area (Å²) >= 11 is 0.700. The first-order valence-electron chi connectivity index (χ1n) is 0.167. The molecule has 0 radical (unpaired) electrons. The Balaban J connectivity index is -0.000000000833. The molecule has 0 bridgehead atoms. The Kier molecular flexibility index (Phi) is 71.7. The first kappa shape index (κ1) is 16.1. The molecule has 0 aromatic rings. The third kappa shape index (κ3) is 8.82. The molecule has 0 fully saturated rings. The molecule has 0 saturated carbocycles. The molecule has 0 aromatic heterocycles. The van der Waals surface area contributed by atoms with Gasteiger partial charge in [-0.05, 0) is 0 Å². The average molecular weight is 257 g/mol. The van der Waals surface area contributed by atoms with E-state index in [1.807, 2.05) is 0 Å². The molecule has 1 nitrogen and oxygen atoms in total. The van der Waals surface area contributed by atoms with Crippen LogP contribution in [-0.2, 0) is 40.2 Å². The molecule has 0 atom stereocenters. The van der Waals surface area contributed by atoms with Crippen molar-refractivity contribution in [1.82, 2.24) is 0 Å². The van der Waals surface area contributed by atoms with Crippen LogP contribution in [-0.4, -0.2) is 45.5 Å². The molecule has 0 heterocycles. The Hall–Kier alpha value is 2.49. The molecular formula is H2FeMoOSr. The van der Waals surface area contributed by atoms with Crippen molar-refractivity contribution in [2.45, 2.75) is 0 Å². The zero-order valence-corrected chi connectivity index (χ0v) is 8.46. The minimum absolute atomic E-state index is 0. The Morgan fingerprint density at radius 3 is 1.50 bits per heavy atom. The second kappa shape index (κ2) is 17.9. The van der Waals surface area contributed by atoms with Crippen LogP contribution in [0.5, 0.6) is 0 Å². The van der Waals surface area contributed by atoms with E-state index < -0.39 is 0 Å². The SMILES string of the molecule is [Fe].[H-].[H-].[O]=[Mo].[Sr+2]. The van der Waals surface area contributed by atoms with Crippen LogP contribution in [0.3, 0.4) is 0 Å². The zero-order valence-electron chi connectivity index (χ0n) is 3.88. The smallest absolute Gasteiger partial charge is 2.00 e. The topological polar surface area (TPSA) is 17.1 Å². The van der Waals surface area contributed by atoms with Crippen LogP contribution >= 0.6 is 0 Å². The van der Waals surface area contributed by atoms with Crippen molar-refractivity contribution in [2.75, 3.05) is 0 Å². The van der Waals surface area contributed by atoms with Gasteiger partial charge in [-0.15, -0.1) is 0 Å². The van der Waals surface area contributed by atoms with Crippen LogP contribution in [0.25, 0.3) is 0 Å². The maximum absolute atomic E-state index is 8.26. The summed E-state index contributed by atoms with van der Waals surface area (Å²) in [5.74, 6) is 0. The van der Waals surface area contributed by atoms with Crippen molar-refractivity contribution in [1.29, 1.82) is 0 Å². The normalized spacial score (nSPS) is 1.00. The van der Waals surface area contributed by atoms with Crippen molar-refractivity contribution in [3.8, 4) is 0 Å². The largest absolute Gasteiger partial charge is 2.00 e. The van der Waals surface area contributed by atoms with E-state index >= 15 is 0 Å². The number of hydrogen-bond acceptors (Lipinski definition) is 1. The van der Waals surface area contributed by atoms with Gasteiger partial charge in [0.25, 0.3) is 0 Å². The summed E-state index contributed by atoms with van der Waals surface area (Å²) in [5, 5.41) is 0. The summed E-state index contributed by atoms with van der Waals surface area (Å²) in [6, 6.07) is 0. The second-order valence-corrected chi connectivity index (χ2v) is 0. The van der Waals surface area contributed by atoms with Gasteiger partial charge in [0.05, 0.1) is 0 Å². The molecule has 0 amide bonds. The third-order valence-electron chi connectivity index (χ3n) is 0. The van der Waals surface area contributed by atoms with Crippen LogP contribution in [0.15, 0.2) is 0 Å². The van der Waals surface area contributed by atoms with E-state index in [2.05, 4.69) is 0 Å². The van der Waals surface area contributed by atoms with Crippen LogP contribution in [0.4, 0.5) is 0 Å². The van der Waals surface area contributed by atoms with E-state index in [1.165, 1.54) is 0 Å². The van der Waals surface area contributed by atoms with Gasteiger partial charge in [0.2, 0.25) is 0 Å². The molecule has 0 spiro atoms. The average Bonchev–Trinajstić information content (AvgIpc) is 1.00. The first-order chi connectivity index (χ1) is 1.00. The van der Waals surface area contributed by atoms with Crippen LogP contribution in [0, 0.1) is 0 Å².